The Morgan fingerprint density at radius 3 is 2.50 bits per heavy atom. The van der Waals surface area contributed by atoms with E-state index >= 15 is 0 Å². The molecule has 1 rings (SSSR count). The molecular weight excluding hydrogens is 212 g/mol. The Labute approximate surface area is 92.0 Å². The third-order valence-corrected chi connectivity index (χ3v) is 1.82. The van der Waals surface area contributed by atoms with Gasteiger partial charge in [0, 0.05) is 12.5 Å². The predicted molar refractivity (Wildman–Crippen MR) is 54.5 cm³/mol. The molecule has 0 atom stereocenters. The van der Waals surface area contributed by atoms with Crippen molar-refractivity contribution in [1.82, 2.24) is 0 Å². The molecule has 16 heavy (non-hydrogen) atoms. The molecule has 84 valence electrons. The van der Waals surface area contributed by atoms with E-state index in [0.717, 1.165) is 0 Å². The standard InChI is InChI=1S/C11H10O5/c1-7(13)16-9-4-3-8(6-12)10(5-9)11(14)15-2/h3-6H,1-2H3. The van der Waals surface area contributed by atoms with Gasteiger partial charge < -0.3 is 9.47 Å². The minimum Gasteiger partial charge on any atom is -0.465 e. The fourth-order valence-electron chi connectivity index (χ4n) is 1.15. The van der Waals surface area contributed by atoms with Crippen molar-refractivity contribution in [2.24, 2.45) is 0 Å². The lowest BCUT2D eigenvalue weighted by Crippen LogP contribution is -2.07. The number of rotatable bonds is 3. The van der Waals surface area contributed by atoms with E-state index in [4.69, 9.17) is 4.74 Å². The van der Waals surface area contributed by atoms with E-state index < -0.39 is 11.9 Å². The molecule has 0 heterocycles. The lowest BCUT2D eigenvalue weighted by molar-refractivity contribution is -0.131. The van der Waals surface area contributed by atoms with Crippen molar-refractivity contribution in [2.75, 3.05) is 7.11 Å². The molecule has 0 radical (unpaired) electrons. The molecule has 5 nitrogen and oxygen atoms in total. The van der Waals surface area contributed by atoms with Crippen LogP contribution in [0.4, 0.5) is 0 Å². The summed E-state index contributed by atoms with van der Waals surface area (Å²) in [6, 6.07) is 4.10. The zero-order chi connectivity index (χ0) is 12.1. The van der Waals surface area contributed by atoms with Crippen molar-refractivity contribution in [2.45, 2.75) is 6.92 Å². The fraction of sp³-hybridized carbons (Fsp3) is 0.182. The number of carbonyl (C=O) groups excluding carboxylic acids is 3. The van der Waals surface area contributed by atoms with Crippen LogP contribution in [0.2, 0.25) is 0 Å². The highest BCUT2D eigenvalue weighted by Crippen LogP contribution is 2.17. The van der Waals surface area contributed by atoms with E-state index in [1.807, 2.05) is 0 Å². The van der Waals surface area contributed by atoms with Crippen molar-refractivity contribution in [3.8, 4) is 5.75 Å². The van der Waals surface area contributed by atoms with Gasteiger partial charge in [-0.15, -0.1) is 0 Å². The van der Waals surface area contributed by atoms with Gasteiger partial charge in [-0.1, -0.05) is 0 Å². The molecule has 0 fully saturated rings. The SMILES string of the molecule is COC(=O)c1cc(OC(C)=O)ccc1C=O. The lowest BCUT2D eigenvalue weighted by Gasteiger charge is -2.05. The van der Waals surface area contributed by atoms with Crippen molar-refractivity contribution in [3.05, 3.63) is 29.3 Å². The minimum absolute atomic E-state index is 0.0660. The van der Waals surface area contributed by atoms with Crippen molar-refractivity contribution in [1.29, 1.82) is 0 Å². The number of hydrogen-bond acceptors (Lipinski definition) is 5. The Hall–Kier alpha value is -2.17. The predicted octanol–water partition coefficient (Wildman–Crippen LogP) is 1.21. The van der Waals surface area contributed by atoms with Gasteiger partial charge in [0.2, 0.25) is 0 Å². The largest absolute Gasteiger partial charge is 0.465 e. The number of hydrogen-bond donors (Lipinski definition) is 0. The summed E-state index contributed by atoms with van der Waals surface area (Å²) in [5.74, 6) is -0.968. The highest BCUT2D eigenvalue weighted by atomic mass is 16.5. The van der Waals surface area contributed by atoms with Crippen LogP contribution >= 0.6 is 0 Å². The summed E-state index contributed by atoms with van der Waals surface area (Å²) >= 11 is 0. The molecule has 0 aliphatic carbocycles. The zero-order valence-corrected chi connectivity index (χ0v) is 8.85. The van der Waals surface area contributed by atoms with E-state index in [9.17, 15) is 14.4 Å². The van der Waals surface area contributed by atoms with Gasteiger partial charge in [0.25, 0.3) is 0 Å². The molecule has 1 aromatic rings. The Morgan fingerprint density at radius 2 is 2.00 bits per heavy atom. The van der Waals surface area contributed by atoms with Crippen LogP contribution in [-0.2, 0) is 9.53 Å². The lowest BCUT2D eigenvalue weighted by atomic mass is 10.1. The Bertz CT molecular complexity index is 436. The quantitative estimate of drug-likeness (QED) is 0.436. The summed E-state index contributed by atoms with van der Waals surface area (Å²) in [5, 5.41) is 0. The van der Waals surface area contributed by atoms with E-state index in [-0.39, 0.29) is 16.9 Å². The van der Waals surface area contributed by atoms with Crippen molar-refractivity contribution < 1.29 is 23.9 Å². The van der Waals surface area contributed by atoms with Crippen molar-refractivity contribution in [3.63, 3.8) is 0 Å². The van der Waals surface area contributed by atoms with Crippen LogP contribution in [0.1, 0.15) is 27.6 Å². The van der Waals surface area contributed by atoms with Crippen molar-refractivity contribution >= 4 is 18.2 Å². The number of methoxy groups -OCH3 is 1. The summed E-state index contributed by atoms with van der Waals surface area (Å²) in [4.78, 5) is 32.7. The molecule has 0 saturated heterocycles. The number of ether oxygens (including phenoxy) is 2. The van der Waals surface area contributed by atoms with Crippen LogP contribution in [0.25, 0.3) is 0 Å². The third kappa shape index (κ3) is 2.66. The third-order valence-electron chi connectivity index (χ3n) is 1.82. The topological polar surface area (TPSA) is 69.7 Å². The second-order valence-corrected chi connectivity index (χ2v) is 2.95. The minimum atomic E-state index is -0.656. The van der Waals surface area contributed by atoms with Crippen LogP contribution in [0.5, 0.6) is 5.75 Å². The highest BCUT2D eigenvalue weighted by Gasteiger charge is 2.13. The first kappa shape index (κ1) is 11.9. The molecular formula is C11H10O5. The maximum Gasteiger partial charge on any atom is 0.338 e. The van der Waals surface area contributed by atoms with Crippen LogP contribution in [0.15, 0.2) is 18.2 Å². The molecule has 5 heteroatoms. The monoisotopic (exact) mass is 222 g/mol. The van der Waals surface area contributed by atoms with E-state index in [0.29, 0.717) is 6.29 Å². The maximum atomic E-state index is 11.3. The first-order chi connectivity index (χ1) is 7.58. The van der Waals surface area contributed by atoms with Gasteiger partial charge in [-0.2, -0.15) is 0 Å². The van der Waals surface area contributed by atoms with Gasteiger partial charge in [-0.05, 0) is 18.2 Å². The summed E-state index contributed by atoms with van der Waals surface area (Å²) < 4.78 is 9.29. The molecule has 0 spiro atoms. The summed E-state index contributed by atoms with van der Waals surface area (Å²) in [6.45, 7) is 1.24. The highest BCUT2D eigenvalue weighted by molar-refractivity contribution is 5.98. The second-order valence-electron chi connectivity index (χ2n) is 2.95. The summed E-state index contributed by atoms with van der Waals surface area (Å²) in [7, 11) is 1.20. The molecule has 0 N–H and O–H groups in total. The van der Waals surface area contributed by atoms with Crippen LogP contribution < -0.4 is 4.74 Å². The van der Waals surface area contributed by atoms with Gasteiger partial charge in [-0.25, -0.2) is 4.79 Å². The molecule has 0 aliphatic rings. The normalized spacial score (nSPS) is 9.38. The molecule has 1 aromatic carbocycles. The molecule has 0 bridgehead atoms. The molecule has 0 saturated carbocycles. The van der Waals surface area contributed by atoms with E-state index in [2.05, 4.69) is 4.74 Å². The second kappa shape index (κ2) is 5.06. The zero-order valence-electron chi connectivity index (χ0n) is 8.85. The molecule has 0 unspecified atom stereocenters. The smallest absolute Gasteiger partial charge is 0.338 e. The van der Waals surface area contributed by atoms with Crippen LogP contribution in [-0.4, -0.2) is 25.3 Å². The number of carbonyl (C=O) groups is 3. The number of aldehydes is 1. The van der Waals surface area contributed by atoms with Gasteiger partial charge in [0.05, 0.1) is 12.7 Å². The van der Waals surface area contributed by atoms with Gasteiger partial charge in [-0.3, -0.25) is 9.59 Å². The van der Waals surface area contributed by atoms with Gasteiger partial charge in [0.1, 0.15) is 5.75 Å². The Kier molecular flexibility index (Phi) is 3.77. The average molecular weight is 222 g/mol. The van der Waals surface area contributed by atoms with Crippen LogP contribution in [0.3, 0.4) is 0 Å². The number of esters is 2. The molecule has 0 aromatic heterocycles. The Balaban J connectivity index is 3.15. The van der Waals surface area contributed by atoms with Gasteiger partial charge in [0.15, 0.2) is 6.29 Å². The summed E-state index contributed by atoms with van der Waals surface area (Å²) in [6.07, 6.45) is 0.532. The molecule has 0 amide bonds. The van der Waals surface area contributed by atoms with E-state index in [1.54, 1.807) is 0 Å². The number of benzene rings is 1. The van der Waals surface area contributed by atoms with Gasteiger partial charge >= 0.3 is 11.9 Å². The first-order valence-electron chi connectivity index (χ1n) is 4.44. The van der Waals surface area contributed by atoms with Crippen LogP contribution in [0, 0.1) is 0 Å². The maximum absolute atomic E-state index is 11.3. The first-order valence-corrected chi connectivity index (χ1v) is 4.44. The molecule has 0 aliphatic heterocycles. The average Bonchev–Trinajstić information content (AvgIpc) is 2.27. The summed E-state index contributed by atoms with van der Waals surface area (Å²) in [5.41, 5.74) is 0.249. The fourth-order valence-corrected chi connectivity index (χ4v) is 1.15. The van der Waals surface area contributed by atoms with E-state index in [1.165, 1.54) is 32.2 Å². The Morgan fingerprint density at radius 1 is 1.31 bits per heavy atom.